The van der Waals surface area contributed by atoms with Crippen molar-refractivity contribution in [2.45, 2.75) is 70.7 Å². The van der Waals surface area contributed by atoms with E-state index in [2.05, 4.69) is 36.6 Å². The minimum Gasteiger partial charge on any atom is -0.478 e. The van der Waals surface area contributed by atoms with Gasteiger partial charge in [-0.05, 0) is 111 Å². The highest BCUT2D eigenvalue weighted by Crippen LogP contribution is 2.35. The molecule has 3 amide bonds. The number of hydrogen-bond donors (Lipinski definition) is 5. The molecule has 1 atom stereocenters. The van der Waals surface area contributed by atoms with Gasteiger partial charge in [0, 0.05) is 30.1 Å². The maximum atomic E-state index is 13.7. The van der Waals surface area contributed by atoms with Gasteiger partial charge in [0.15, 0.2) is 0 Å². The molecule has 13 nitrogen and oxygen atoms in total. The lowest BCUT2D eigenvalue weighted by molar-refractivity contribution is -0.138. The van der Waals surface area contributed by atoms with Crippen LogP contribution in [0.3, 0.4) is 0 Å². The smallest absolute Gasteiger partial charge is 0.417 e. The largest absolute Gasteiger partial charge is 0.478 e. The summed E-state index contributed by atoms with van der Waals surface area (Å²) in [5.41, 5.74) is -0.406. The third-order valence-electron chi connectivity index (χ3n) is 8.82. The first-order valence-electron chi connectivity index (χ1n) is 17.0. The van der Waals surface area contributed by atoms with Crippen LogP contribution in [-0.2, 0) is 26.9 Å². The number of nitrogens with one attached hydrogen (secondary N) is 4. The Kier molecular flexibility index (Phi) is 11.8. The summed E-state index contributed by atoms with van der Waals surface area (Å²) >= 11 is 0. The van der Waals surface area contributed by atoms with Gasteiger partial charge in [-0.1, -0.05) is 30.3 Å². The van der Waals surface area contributed by atoms with Crippen molar-refractivity contribution in [2.75, 3.05) is 11.9 Å². The molecular weight excluding hydrogens is 695 g/mol. The van der Waals surface area contributed by atoms with E-state index in [1.807, 2.05) is 0 Å². The summed E-state index contributed by atoms with van der Waals surface area (Å²) in [5.74, 6) is -2.26. The van der Waals surface area contributed by atoms with Gasteiger partial charge in [0.1, 0.15) is 11.6 Å². The molecule has 0 aliphatic heterocycles. The molecule has 53 heavy (non-hydrogen) atoms. The Hall–Kier alpha value is -5.80. The Morgan fingerprint density at radius 2 is 1.55 bits per heavy atom. The number of benzene rings is 3. The fourth-order valence-corrected chi connectivity index (χ4v) is 6.10. The molecule has 0 radical (unpaired) electrons. The number of amides is 3. The molecule has 3 aromatic carbocycles. The molecule has 1 fully saturated rings. The number of carbonyl (C=O) groups is 4. The number of tetrazole rings is 1. The highest BCUT2D eigenvalue weighted by atomic mass is 19.4. The molecule has 0 spiro atoms. The summed E-state index contributed by atoms with van der Waals surface area (Å²) in [6, 6.07) is 15.2. The molecular formula is C37H40F3N7O6. The number of alkyl halides is 3. The summed E-state index contributed by atoms with van der Waals surface area (Å²) in [5, 5.41) is 31.6. The molecule has 0 saturated heterocycles. The topological polar surface area (TPSA) is 188 Å². The summed E-state index contributed by atoms with van der Waals surface area (Å²) in [4.78, 5) is 50.7. The quantitative estimate of drug-likeness (QED) is 0.119. The van der Waals surface area contributed by atoms with Gasteiger partial charge in [-0.3, -0.25) is 9.59 Å². The number of carboxylic acids is 1. The van der Waals surface area contributed by atoms with Gasteiger partial charge >= 0.3 is 18.2 Å². The molecule has 280 valence electrons. The number of ether oxygens (including phenoxy) is 1. The lowest BCUT2D eigenvalue weighted by atomic mass is 9.81. The molecule has 1 heterocycles. The van der Waals surface area contributed by atoms with Gasteiger partial charge < -0.3 is 25.8 Å². The van der Waals surface area contributed by atoms with E-state index >= 15 is 0 Å². The highest BCUT2D eigenvalue weighted by Gasteiger charge is 2.36. The van der Waals surface area contributed by atoms with Crippen LogP contribution in [0, 0.1) is 11.8 Å². The molecule has 1 aliphatic carbocycles. The van der Waals surface area contributed by atoms with Crippen molar-refractivity contribution in [3.63, 3.8) is 0 Å². The lowest BCUT2D eigenvalue weighted by Gasteiger charge is -2.29. The number of rotatable bonds is 11. The second-order valence-electron chi connectivity index (χ2n) is 13.9. The molecule has 5 rings (SSSR count). The minimum atomic E-state index is -4.87. The fourth-order valence-electron chi connectivity index (χ4n) is 6.10. The van der Waals surface area contributed by atoms with Crippen molar-refractivity contribution in [3.8, 4) is 22.5 Å². The van der Waals surface area contributed by atoms with Gasteiger partial charge in [-0.25, -0.2) is 9.59 Å². The number of nitrogens with zero attached hydrogens (tertiary/aromatic N) is 3. The van der Waals surface area contributed by atoms with E-state index in [-0.39, 0.29) is 29.7 Å². The zero-order valence-corrected chi connectivity index (χ0v) is 29.3. The predicted octanol–water partition coefficient (Wildman–Crippen LogP) is 6.25. The van der Waals surface area contributed by atoms with Gasteiger partial charge in [0.05, 0.1) is 11.1 Å². The van der Waals surface area contributed by atoms with Crippen molar-refractivity contribution < 1.29 is 42.2 Å². The van der Waals surface area contributed by atoms with Crippen molar-refractivity contribution in [3.05, 3.63) is 83.4 Å². The second-order valence-corrected chi connectivity index (χ2v) is 13.9. The van der Waals surface area contributed by atoms with Crippen molar-refractivity contribution in [1.29, 1.82) is 0 Å². The van der Waals surface area contributed by atoms with Crippen LogP contribution in [0.5, 0.6) is 0 Å². The number of alkyl carbamates (subject to hydrolysis) is 1. The van der Waals surface area contributed by atoms with Crippen molar-refractivity contribution in [1.82, 2.24) is 31.3 Å². The molecule has 16 heteroatoms. The average Bonchev–Trinajstić information content (AvgIpc) is 3.65. The first-order valence-corrected chi connectivity index (χ1v) is 17.0. The maximum absolute atomic E-state index is 13.7. The Morgan fingerprint density at radius 1 is 0.906 bits per heavy atom. The lowest BCUT2D eigenvalue weighted by Crippen LogP contribution is -2.48. The third kappa shape index (κ3) is 10.6. The minimum absolute atomic E-state index is 0.0691. The number of anilines is 1. The number of aromatic carboxylic acids is 1. The average molecular weight is 736 g/mol. The summed E-state index contributed by atoms with van der Waals surface area (Å²) < 4.78 is 46.2. The molecule has 1 aliphatic rings. The Balaban J connectivity index is 1.28. The summed E-state index contributed by atoms with van der Waals surface area (Å²) in [6.07, 6.45) is -2.77. The zero-order chi connectivity index (χ0) is 38.3. The monoisotopic (exact) mass is 735 g/mol. The fraction of sp³-hybridized carbons (Fsp3) is 0.378. The van der Waals surface area contributed by atoms with Gasteiger partial charge in [0.2, 0.25) is 17.6 Å². The summed E-state index contributed by atoms with van der Waals surface area (Å²) in [7, 11) is 0. The predicted molar refractivity (Wildman–Crippen MR) is 187 cm³/mol. The van der Waals surface area contributed by atoms with Crippen LogP contribution >= 0.6 is 0 Å². The molecule has 1 unspecified atom stereocenters. The van der Waals surface area contributed by atoms with Crippen LogP contribution < -0.4 is 16.0 Å². The van der Waals surface area contributed by atoms with Gasteiger partial charge in [-0.2, -0.15) is 18.4 Å². The number of carbonyl (C=O) groups excluding carboxylic acids is 3. The first-order chi connectivity index (χ1) is 25.1. The van der Waals surface area contributed by atoms with E-state index in [1.165, 1.54) is 6.07 Å². The van der Waals surface area contributed by atoms with E-state index in [9.17, 15) is 37.5 Å². The van der Waals surface area contributed by atoms with E-state index in [0.717, 1.165) is 12.1 Å². The number of aromatic nitrogens is 4. The van der Waals surface area contributed by atoms with E-state index in [1.54, 1.807) is 69.3 Å². The van der Waals surface area contributed by atoms with Crippen LogP contribution in [0.25, 0.3) is 22.5 Å². The molecule has 1 saturated carbocycles. The Labute approximate surface area is 303 Å². The first kappa shape index (κ1) is 38.4. The normalized spacial score (nSPS) is 16.6. The number of aromatic amines is 1. The Bertz CT molecular complexity index is 1900. The second kappa shape index (κ2) is 16.3. The van der Waals surface area contributed by atoms with Crippen LogP contribution in [0.4, 0.5) is 23.7 Å². The zero-order valence-electron chi connectivity index (χ0n) is 29.3. The van der Waals surface area contributed by atoms with Crippen molar-refractivity contribution >= 4 is 29.6 Å². The van der Waals surface area contributed by atoms with Gasteiger partial charge in [0.25, 0.3) is 0 Å². The number of H-pyrrole nitrogens is 1. The van der Waals surface area contributed by atoms with Crippen LogP contribution in [-0.4, -0.2) is 67.8 Å². The van der Waals surface area contributed by atoms with E-state index < -0.39 is 46.9 Å². The van der Waals surface area contributed by atoms with E-state index in [4.69, 9.17) is 4.74 Å². The third-order valence-corrected chi connectivity index (χ3v) is 8.82. The van der Waals surface area contributed by atoms with Gasteiger partial charge in [-0.15, -0.1) is 10.2 Å². The molecule has 5 N–H and O–H groups in total. The van der Waals surface area contributed by atoms with Crippen LogP contribution in [0.15, 0.2) is 66.7 Å². The number of halogens is 3. The standard InChI is InChI=1S/C37H40F3N7O6/c1-36(2,3)53-35(52)41-20-22-6-10-25(11-7-22)32(48)43-30(33(49)42-27-15-12-24(13-16-27)31-44-46-47-45-31)18-21-4-8-23(9-5-21)26-14-17-28(34(50)51)29(19-26)37(38,39)40/h4-5,8-9,12-17,19,22,25,30H,6-7,10-11,18,20H2,1-3H3,(H,41,52)(H,42,49)(H,43,48)(H,50,51)(H,44,45,46,47). The Morgan fingerprint density at radius 3 is 2.13 bits per heavy atom. The highest BCUT2D eigenvalue weighted by molar-refractivity contribution is 5.98. The van der Waals surface area contributed by atoms with E-state index in [0.29, 0.717) is 60.4 Å². The molecule has 4 aromatic rings. The molecule has 1 aromatic heterocycles. The summed E-state index contributed by atoms with van der Waals surface area (Å²) in [6.45, 7) is 5.78. The SMILES string of the molecule is CC(C)(C)OC(=O)NCC1CCC(C(=O)NC(Cc2ccc(-c3ccc(C(=O)O)c(C(F)(F)F)c3)cc2)C(=O)Nc2ccc(-c3nn[nH]n3)cc2)CC1. The number of carboxylic acid groups (broad SMARTS) is 1. The maximum Gasteiger partial charge on any atom is 0.417 e. The van der Waals surface area contributed by atoms with Crippen LogP contribution in [0.1, 0.15) is 67.9 Å². The van der Waals surface area contributed by atoms with Crippen LogP contribution in [0.2, 0.25) is 0 Å². The van der Waals surface area contributed by atoms with Crippen molar-refractivity contribution in [2.24, 2.45) is 11.8 Å². The number of hydrogen-bond acceptors (Lipinski definition) is 8. The molecule has 0 bridgehead atoms.